The van der Waals surface area contributed by atoms with E-state index in [1.807, 2.05) is 6.07 Å². The molecule has 0 radical (unpaired) electrons. The van der Waals surface area contributed by atoms with Crippen LogP contribution in [-0.2, 0) is 13.6 Å². The van der Waals surface area contributed by atoms with Gasteiger partial charge in [-0.3, -0.25) is 9.47 Å². The van der Waals surface area contributed by atoms with Crippen molar-refractivity contribution in [1.82, 2.24) is 24.4 Å². The average Bonchev–Trinajstić information content (AvgIpc) is 3.12. The molecule has 0 aliphatic carbocycles. The predicted octanol–water partition coefficient (Wildman–Crippen LogP) is 5.12. The highest BCUT2D eigenvalue weighted by atomic mass is 35.5. The molecule has 176 valence electrons. The quantitative estimate of drug-likeness (QED) is 0.397. The van der Waals surface area contributed by atoms with Crippen LogP contribution in [0.4, 0.5) is 26.4 Å². The van der Waals surface area contributed by atoms with Crippen molar-refractivity contribution >= 4 is 40.3 Å². The van der Waals surface area contributed by atoms with E-state index in [4.69, 9.17) is 11.6 Å². The highest BCUT2D eigenvalue weighted by Crippen LogP contribution is 2.30. The number of rotatable bonds is 6. The van der Waals surface area contributed by atoms with Crippen LogP contribution in [0.2, 0.25) is 5.02 Å². The van der Waals surface area contributed by atoms with E-state index >= 15 is 0 Å². The topological polar surface area (TPSA) is 70.9 Å². The third kappa shape index (κ3) is 4.80. The van der Waals surface area contributed by atoms with Crippen LogP contribution in [0.3, 0.4) is 0 Å². The van der Waals surface area contributed by atoms with Gasteiger partial charge in [0.25, 0.3) is 0 Å². The molecule has 3 heterocycles. The van der Waals surface area contributed by atoms with Gasteiger partial charge in [-0.2, -0.15) is 4.98 Å². The predicted molar refractivity (Wildman–Crippen MR) is 129 cm³/mol. The number of halogens is 3. The van der Waals surface area contributed by atoms with Crippen LogP contribution < -0.4 is 10.6 Å². The summed E-state index contributed by atoms with van der Waals surface area (Å²) >= 11 is 6.01. The van der Waals surface area contributed by atoms with Crippen molar-refractivity contribution in [3.05, 3.63) is 70.9 Å². The molecule has 0 unspecified atom stereocenters. The van der Waals surface area contributed by atoms with E-state index in [0.29, 0.717) is 23.1 Å². The zero-order chi connectivity index (χ0) is 23.7. The lowest BCUT2D eigenvalue weighted by Gasteiger charge is -2.33. The molecule has 2 aromatic heterocycles. The summed E-state index contributed by atoms with van der Waals surface area (Å²) in [7, 11) is 1.76. The van der Waals surface area contributed by atoms with E-state index in [-0.39, 0.29) is 16.8 Å². The Labute approximate surface area is 200 Å². The van der Waals surface area contributed by atoms with Gasteiger partial charge in [-0.05, 0) is 31.0 Å². The molecule has 0 bridgehead atoms. The lowest BCUT2D eigenvalue weighted by atomic mass is 10.0. The van der Waals surface area contributed by atoms with Crippen LogP contribution in [0.1, 0.15) is 18.4 Å². The molecule has 0 saturated carbocycles. The molecule has 7 nitrogen and oxygen atoms in total. The number of nitrogens with one attached hydrogen (secondary N) is 2. The van der Waals surface area contributed by atoms with Crippen LogP contribution in [0.25, 0.3) is 11.2 Å². The van der Waals surface area contributed by atoms with Gasteiger partial charge in [0.05, 0.1) is 16.9 Å². The van der Waals surface area contributed by atoms with E-state index in [1.165, 1.54) is 5.56 Å². The molecule has 1 fully saturated rings. The normalized spacial score (nSPS) is 16.6. The number of imidazole rings is 1. The van der Waals surface area contributed by atoms with Crippen molar-refractivity contribution in [2.24, 2.45) is 7.05 Å². The van der Waals surface area contributed by atoms with E-state index in [1.54, 1.807) is 17.8 Å². The fourth-order valence-corrected chi connectivity index (χ4v) is 4.52. The molecule has 1 aliphatic heterocycles. The van der Waals surface area contributed by atoms with E-state index in [9.17, 15) is 8.78 Å². The van der Waals surface area contributed by atoms with Crippen molar-refractivity contribution in [3.8, 4) is 0 Å². The number of hydrogen-bond donors (Lipinski definition) is 2. The van der Waals surface area contributed by atoms with Crippen molar-refractivity contribution < 1.29 is 8.78 Å². The van der Waals surface area contributed by atoms with Crippen LogP contribution >= 0.6 is 11.6 Å². The van der Waals surface area contributed by atoms with Crippen molar-refractivity contribution in [1.29, 1.82) is 0 Å². The molecule has 0 amide bonds. The van der Waals surface area contributed by atoms with Gasteiger partial charge in [0.2, 0.25) is 11.9 Å². The molecule has 34 heavy (non-hydrogen) atoms. The van der Waals surface area contributed by atoms with Crippen molar-refractivity contribution in [2.45, 2.75) is 25.4 Å². The number of hydrogen-bond acceptors (Lipinski definition) is 6. The van der Waals surface area contributed by atoms with Crippen LogP contribution in [-0.4, -0.2) is 43.6 Å². The molecule has 1 aliphatic rings. The van der Waals surface area contributed by atoms with Gasteiger partial charge < -0.3 is 10.6 Å². The smallest absolute Gasteiger partial charge is 0.225 e. The number of aromatic nitrogens is 4. The summed E-state index contributed by atoms with van der Waals surface area (Å²) in [6.07, 6.45) is 3.76. The maximum absolute atomic E-state index is 14.2. The largest absolute Gasteiger partial charge is 0.350 e. The van der Waals surface area contributed by atoms with Gasteiger partial charge in [-0.1, -0.05) is 41.9 Å². The number of nitrogens with zero attached hydrogens (tertiary/aromatic N) is 5. The molecule has 1 saturated heterocycles. The Balaban J connectivity index is 1.31. The Morgan fingerprint density at radius 2 is 1.97 bits per heavy atom. The number of likely N-dealkylation sites (tertiary alicyclic amines) is 1. The Hall–Kier alpha value is -3.30. The van der Waals surface area contributed by atoms with Crippen molar-refractivity contribution in [3.63, 3.8) is 0 Å². The first kappa shape index (κ1) is 22.5. The van der Waals surface area contributed by atoms with Crippen molar-refractivity contribution in [2.75, 3.05) is 23.7 Å². The van der Waals surface area contributed by atoms with Crippen LogP contribution in [0, 0.1) is 11.6 Å². The molecule has 4 aromatic rings. The minimum atomic E-state index is -0.803. The summed E-state index contributed by atoms with van der Waals surface area (Å²) in [5.41, 5.74) is 2.38. The van der Waals surface area contributed by atoms with Gasteiger partial charge in [0, 0.05) is 32.2 Å². The third-order valence-corrected chi connectivity index (χ3v) is 6.24. The zero-order valence-corrected chi connectivity index (χ0v) is 19.4. The summed E-state index contributed by atoms with van der Waals surface area (Å²) in [4.78, 5) is 15.9. The first-order valence-electron chi connectivity index (χ1n) is 11.1. The standard InChI is InChI=1S/C24H24ClF2N7/c1-33-22-20(30-24(33)31-21-18(25)10-16(26)11-19(21)27)12-28-23(32-22)29-17-8-5-9-34(14-17)13-15-6-3-2-4-7-15/h2-4,6-7,10-12,17H,5,8-9,13-14H2,1H3,(H,30,31)(H,28,29,32)/t17-/m1/s1. The third-order valence-electron chi connectivity index (χ3n) is 5.94. The van der Waals surface area contributed by atoms with E-state index in [2.05, 4.69) is 54.8 Å². The lowest BCUT2D eigenvalue weighted by molar-refractivity contribution is 0.208. The highest BCUT2D eigenvalue weighted by Gasteiger charge is 2.21. The maximum atomic E-state index is 14.2. The minimum absolute atomic E-state index is 0.0477. The molecule has 0 spiro atoms. The molecular formula is C24H24ClF2N7. The average molecular weight is 484 g/mol. The summed E-state index contributed by atoms with van der Waals surface area (Å²) in [5, 5.41) is 6.22. The monoisotopic (exact) mass is 483 g/mol. The number of anilines is 3. The number of benzene rings is 2. The Morgan fingerprint density at radius 3 is 2.76 bits per heavy atom. The van der Waals surface area contributed by atoms with Gasteiger partial charge in [0.15, 0.2) is 11.5 Å². The summed E-state index contributed by atoms with van der Waals surface area (Å²) in [5.74, 6) is -0.715. The number of piperidine rings is 1. The summed E-state index contributed by atoms with van der Waals surface area (Å²) < 4.78 is 29.3. The number of aryl methyl sites for hydroxylation is 1. The van der Waals surface area contributed by atoms with Crippen LogP contribution in [0.15, 0.2) is 48.7 Å². The van der Waals surface area contributed by atoms with Gasteiger partial charge in [-0.15, -0.1) is 0 Å². The van der Waals surface area contributed by atoms with Crippen LogP contribution in [0.5, 0.6) is 0 Å². The first-order chi connectivity index (χ1) is 16.5. The lowest BCUT2D eigenvalue weighted by Crippen LogP contribution is -2.41. The fourth-order valence-electron chi connectivity index (χ4n) is 4.28. The Kier molecular flexibility index (Phi) is 6.30. The zero-order valence-electron chi connectivity index (χ0n) is 18.6. The van der Waals surface area contributed by atoms with Gasteiger partial charge in [-0.25, -0.2) is 18.7 Å². The highest BCUT2D eigenvalue weighted by molar-refractivity contribution is 6.33. The molecule has 2 aromatic carbocycles. The maximum Gasteiger partial charge on any atom is 0.225 e. The Bertz CT molecular complexity index is 1290. The second-order valence-corrected chi connectivity index (χ2v) is 8.88. The molecule has 2 N–H and O–H groups in total. The van der Waals surface area contributed by atoms with E-state index in [0.717, 1.165) is 44.6 Å². The Morgan fingerprint density at radius 1 is 1.15 bits per heavy atom. The molecule has 1 atom stereocenters. The SMILES string of the molecule is Cn1c(Nc2c(F)cc(F)cc2Cl)nc2cnc(N[C@@H]3CCCN(Cc4ccccc4)C3)nc21. The number of fused-ring (bicyclic) bond motifs is 1. The van der Waals surface area contributed by atoms with E-state index < -0.39 is 11.6 Å². The summed E-state index contributed by atoms with van der Waals surface area (Å²) in [6, 6.07) is 12.5. The molecule has 5 rings (SSSR count). The van der Waals surface area contributed by atoms with Gasteiger partial charge in [0.1, 0.15) is 11.3 Å². The first-order valence-corrected chi connectivity index (χ1v) is 11.5. The second-order valence-electron chi connectivity index (χ2n) is 8.47. The minimum Gasteiger partial charge on any atom is -0.350 e. The molecular weight excluding hydrogens is 460 g/mol. The fraction of sp³-hybridized carbons (Fsp3) is 0.292. The van der Waals surface area contributed by atoms with Gasteiger partial charge >= 0.3 is 0 Å². The summed E-state index contributed by atoms with van der Waals surface area (Å²) in [6.45, 7) is 2.88. The second kappa shape index (κ2) is 9.52. The molecule has 10 heteroatoms.